The second kappa shape index (κ2) is 5.38. The van der Waals surface area contributed by atoms with Crippen molar-refractivity contribution in [2.75, 3.05) is 18.9 Å². The molecule has 2 rings (SSSR count). The summed E-state index contributed by atoms with van der Waals surface area (Å²) in [5, 5.41) is 3.03. The van der Waals surface area contributed by atoms with Gasteiger partial charge in [-0.3, -0.25) is 9.78 Å². The molecule has 2 heterocycles. The van der Waals surface area contributed by atoms with Gasteiger partial charge in [0, 0.05) is 31.5 Å². The third-order valence-electron chi connectivity index (χ3n) is 3.90. The van der Waals surface area contributed by atoms with Crippen molar-refractivity contribution in [3.8, 4) is 0 Å². The summed E-state index contributed by atoms with van der Waals surface area (Å²) in [5.74, 6) is 0.612. The first kappa shape index (κ1) is 12.9. The summed E-state index contributed by atoms with van der Waals surface area (Å²) in [6.07, 6.45) is 3.97. The van der Waals surface area contributed by atoms with Gasteiger partial charge in [0.25, 0.3) is 5.91 Å². The number of rotatable bonds is 2. The molecule has 4 heteroatoms. The lowest BCUT2D eigenvalue weighted by Gasteiger charge is -2.37. The second-order valence-corrected chi connectivity index (χ2v) is 5.04. The van der Waals surface area contributed by atoms with Crippen LogP contribution in [0.2, 0.25) is 0 Å². The Balaban J connectivity index is 2.19. The first-order chi connectivity index (χ1) is 8.63. The Morgan fingerprint density at radius 3 is 3.00 bits per heavy atom. The minimum absolute atomic E-state index is 0.0474. The highest BCUT2D eigenvalue weighted by atomic mass is 16.2. The Bertz CT molecular complexity index is 433. The molecule has 1 aromatic rings. The summed E-state index contributed by atoms with van der Waals surface area (Å²) in [6.45, 7) is 5.18. The number of piperidine rings is 1. The van der Waals surface area contributed by atoms with Crippen LogP contribution in [0.5, 0.6) is 0 Å². The van der Waals surface area contributed by atoms with Crippen LogP contribution in [0.4, 0.5) is 5.69 Å². The lowest BCUT2D eigenvalue weighted by molar-refractivity contribution is 0.0545. The first-order valence-corrected chi connectivity index (χ1v) is 6.58. The van der Waals surface area contributed by atoms with Crippen molar-refractivity contribution in [2.45, 2.75) is 32.7 Å². The van der Waals surface area contributed by atoms with Crippen molar-refractivity contribution in [2.24, 2.45) is 5.92 Å². The van der Waals surface area contributed by atoms with Crippen molar-refractivity contribution in [1.29, 1.82) is 0 Å². The van der Waals surface area contributed by atoms with Gasteiger partial charge in [0.05, 0.1) is 0 Å². The standard InChI is InChI=1S/C14H21N3O/c1-10-5-4-8-17(11(10)2)14(18)13-9-12(15-3)6-7-16-13/h6-7,9-11H,4-5,8H2,1-3H3,(H,15,16). The number of carbonyl (C=O) groups excluding carboxylic acids is 1. The van der Waals surface area contributed by atoms with Crippen LogP contribution in [0.25, 0.3) is 0 Å². The Morgan fingerprint density at radius 2 is 2.28 bits per heavy atom. The predicted octanol–water partition coefficient (Wildman–Crippen LogP) is 2.38. The lowest BCUT2D eigenvalue weighted by Crippen LogP contribution is -2.46. The number of hydrogen-bond donors (Lipinski definition) is 1. The Labute approximate surface area is 108 Å². The van der Waals surface area contributed by atoms with Crippen LogP contribution in [-0.2, 0) is 0 Å². The zero-order valence-corrected chi connectivity index (χ0v) is 11.3. The first-order valence-electron chi connectivity index (χ1n) is 6.58. The summed E-state index contributed by atoms with van der Waals surface area (Å²) in [7, 11) is 1.84. The van der Waals surface area contributed by atoms with E-state index >= 15 is 0 Å². The normalized spacial score (nSPS) is 23.8. The highest BCUT2D eigenvalue weighted by Crippen LogP contribution is 2.24. The fraction of sp³-hybridized carbons (Fsp3) is 0.571. The molecule has 0 bridgehead atoms. The van der Waals surface area contributed by atoms with Crippen LogP contribution in [0.15, 0.2) is 18.3 Å². The molecule has 0 aromatic carbocycles. The fourth-order valence-electron chi connectivity index (χ4n) is 2.47. The van der Waals surface area contributed by atoms with Gasteiger partial charge in [0.1, 0.15) is 5.69 Å². The van der Waals surface area contributed by atoms with E-state index in [-0.39, 0.29) is 5.91 Å². The molecule has 2 atom stereocenters. The molecule has 4 nitrogen and oxygen atoms in total. The molecular weight excluding hydrogens is 226 g/mol. The number of anilines is 1. The number of aromatic nitrogens is 1. The van der Waals surface area contributed by atoms with Gasteiger partial charge in [-0.25, -0.2) is 0 Å². The Kier molecular flexibility index (Phi) is 3.84. The maximum atomic E-state index is 12.5. The number of amides is 1. The van der Waals surface area contributed by atoms with Gasteiger partial charge in [0.15, 0.2) is 0 Å². The van der Waals surface area contributed by atoms with Gasteiger partial charge >= 0.3 is 0 Å². The smallest absolute Gasteiger partial charge is 0.272 e. The zero-order valence-electron chi connectivity index (χ0n) is 11.3. The summed E-state index contributed by atoms with van der Waals surface area (Å²) in [6, 6.07) is 3.97. The van der Waals surface area contributed by atoms with E-state index in [1.165, 1.54) is 6.42 Å². The van der Waals surface area contributed by atoms with Crippen molar-refractivity contribution in [3.05, 3.63) is 24.0 Å². The fourth-order valence-corrected chi connectivity index (χ4v) is 2.47. The van der Waals surface area contributed by atoms with Gasteiger partial charge in [0.2, 0.25) is 0 Å². The van der Waals surface area contributed by atoms with Crippen LogP contribution < -0.4 is 5.32 Å². The maximum Gasteiger partial charge on any atom is 0.272 e. The number of pyridine rings is 1. The predicted molar refractivity (Wildman–Crippen MR) is 72.7 cm³/mol. The highest BCUT2D eigenvalue weighted by molar-refractivity contribution is 5.93. The number of likely N-dealkylation sites (tertiary alicyclic amines) is 1. The topological polar surface area (TPSA) is 45.2 Å². The third kappa shape index (κ3) is 2.47. The summed E-state index contributed by atoms with van der Waals surface area (Å²) in [5.41, 5.74) is 1.45. The molecule has 1 amide bonds. The molecule has 0 spiro atoms. The number of nitrogens with one attached hydrogen (secondary N) is 1. The maximum absolute atomic E-state index is 12.5. The van der Waals surface area contributed by atoms with Gasteiger partial charge in [-0.2, -0.15) is 0 Å². The molecule has 1 aromatic heterocycles. The van der Waals surface area contributed by atoms with E-state index in [0.717, 1.165) is 18.7 Å². The summed E-state index contributed by atoms with van der Waals surface area (Å²) >= 11 is 0. The minimum atomic E-state index is 0.0474. The third-order valence-corrected chi connectivity index (χ3v) is 3.90. The number of hydrogen-bond acceptors (Lipinski definition) is 3. The van der Waals surface area contributed by atoms with Crippen molar-refractivity contribution < 1.29 is 4.79 Å². The summed E-state index contributed by atoms with van der Waals surface area (Å²) < 4.78 is 0. The van der Waals surface area contributed by atoms with E-state index in [9.17, 15) is 4.79 Å². The van der Waals surface area contributed by atoms with Crippen molar-refractivity contribution >= 4 is 11.6 Å². The number of nitrogens with zero attached hydrogens (tertiary/aromatic N) is 2. The molecule has 1 saturated heterocycles. The van der Waals surface area contributed by atoms with E-state index in [2.05, 4.69) is 24.1 Å². The monoisotopic (exact) mass is 247 g/mol. The van der Waals surface area contributed by atoms with Gasteiger partial charge in [-0.1, -0.05) is 6.92 Å². The lowest BCUT2D eigenvalue weighted by atomic mass is 9.92. The zero-order chi connectivity index (χ0) is 13.1. The molecule has 2 unspecified atom stereocenters. The average Bonchev–Trinajstić information content (AvgIpc) is 2.41. The van der Waals surface area contributed by atoms with Gasteiger partial charge in [-0.05, 0) is 37.8 Å². The Hall–Kier alpha value is -1.58. The molecule has 98 valence electrons. The van der Waals surface area contributed by atoms with Gasteiger partial charge in [-0.15, -0.1) is 0 Å². The molecule has 1 fully saturated rings. The second-order valence-electron chi connectivity index (χ2n) is 5.04. The van der Waals surface area contributed by atoms with E-state index in [0.29, 0.717) is 17.7 Å². The minimum Gasteiger partial charge on any atom is -0.388 e. The molecular formula is C14H21N3O. The summed E-state index contributed by atoms with van der Waals surface area (Å²) in [4.78, 5) is 18.6. The van der Waals surface area contributed by atoms with Crippen LogP contribution in [0.1, 0.15) is 37.2 Å². The number of carbonyl (C=O) groups is 1. The highest BCUT2D eigenvalue weighted by Gasteiger charge is 2.29. The molecule has 18 heavy (non-hydrogen) atoms. The molecule has 1 aliphatic heterocycles. The van der Waals surface area contributed by atoms with Gasteiger partial charge < -0.3 is 10.2 Å². The van der Waals surface area contributed by atoms with E-state index in [1.807, 2.05) is 24.1 Å². The molecule has 0 saturated carbocycles. The van der Waals surface area contributed by atoms with Crippen LogP contribution in [0.3, 0.4) is 0 Å². The molecule has 0 radical (unpaired) electrons. The molecule has 1 aliphatic rings. The SMILES string of the molecule is CNc1ccnc(C(=O)N2CCCC(C)C2C)c1. The van der Waals surface area contributed by atoms with E-state index < -0.39 is 0 Å². The quantitative estimate of drug-likeness (QED) is 0.872. The van der Waals surface area contributed by atoms with Crippen LogP contribution in [-0.4, -0.2) is 35.4 Å². The van der Waals surface area contributed by atoms with Crippen molar-refractivity contribution in [1.82, 2.24) is 9.88 Å². The van der Waals surface area contributed by atoms with E-state index in [4.69, 9.17) is 0 Å². The Morgan fingerprint density at radius 1 is 1.50 bits per heavy atom. The van der Waals surface area contributed by atoms with E-state index in [1.54, 1.807) is 6.20 Å². The average molecular weight is 247 g/mol. The van der Waals surface area contributed by atoms with Crippen molar-refractivity contribution in [3.63, 3.8) is 0 Å². The molecule has 0 aliphatic carbocycles. The molecule has 1 N–H and O–H groups in total. The largest absolute Gasteiger partial charge is 0.388 e. The van der Waals surface area contributed by atoms with Crippen LogP contribution >= 0.6 is 0 Å². The van der Waals surface area contributed by atoms with Crippen LogP contribution in [0, 0.1) is 5.92 Å².